The summed E-state index contributed by atoms with van der Waals surface area (Å²) in [6.07, 6.45) is 7.44. The average Bonchev–Trinajstić information content (AvgIpc) is 2.95. The molecule has 1 aromatic carbocycles. The van der Waals surface area contributed by atoms with E-state index in [4.69, 9.17) is 5.11 Å². The SMILES string of the molecule is Cc1cc(C)c(/C=C/C(=O)N2CCCC2CCCO)cc1C. The summed E-state index contributed by atoms with van der Waals surface area (Å²) in [6, 6.07) is 4.60. The molecule has 0 spiro atoms. The third-order valence-corrected chi connectivity index (χ3v) is 4.64. The summed E-state index contributed by atoms with van der Waals surface area (Å²) in [5.74, 6) is 0.0954. The first-order valence-corrected chi connectivity index (χ1v) is 8.20. The number of rotatable bonds is 5. The van der Waals surface area contributed by atoms with E-state index in [0.717, 1.165) is 37.8 Å². The average molecular weight is 301 g/mol. The molecule has 22 heavy (non-hydrogen) atoms. The Bertz CT molecular complexity index is 563. The zero-order valence-electron chi connectivity index (χ0n) is 13.9. The fraction of sp³-hybridized carbons (Fsp3) is 0.526. The Morgan fingerprint density at radius 2 is 2.00 bits per heavy atom. The Labute approximate surface area is 133 Å². The Balaban J connectivity index is 2.06. The van der Waals surface area contributed by atoms with Gasteiger partial charge in [-0.05, 0) is 74.8 Å². The van der Waals surface area contributed by atoms with Gasteiger partial charge < -0.3 is 10.0 Å². The van der Waals surface area contributed by atoms with Crippen LogP contribution in [0, 0.1) is 20.8 Å². The summed E-state index contributed by atoms with van der Waals surface area (Å²) in [4.78, 5) is 14.4. The van der Waals surface area contributed by atoms with Crippen molar-refractivity contribution in [1.29, 1.82) is 0 Å². The zero-order valence-corrected chi connectivity index (χ0v) is 13.9. The number of aliphatic hydroxyl groups is 1. The third kappa shape index (κ3) is 3.98. The molecule has 0 aromatic heterocycles. The van der Waals surface area contributed by atoms with Crippen LogP contribution in [-0.4, -0.2) is 35.1 Å². The van der Waals surface area contributed by atoms with E-state index in [1.54, 1.807) is 6.08 Å². The lowest BCUT2D eigenvalue weighted by atomic mass is 10.0. The molecule has 0 saturated carbocycles. The highest BCUT2D eigenvalue weighted by Crippen LogP contribution is 2.22. The highest BCUT2D eigenvalue weighted by Gasteiger charge is 2.26. The number of likely N-dealkylation sites (tertiary alicyclic amines) is 1. The lowest BCUT2D eigenvalue weighted by molar-refractivity contribution is -0.126. The van der Waals surface area contributed by atoms with Gasteiger partial charge in [-0.3, -0.25) is 4.79 Å². The second-order valence-electron chi connectivity index (χ2n) is 6.32. The van der Waals surface area contributed by atoms with Gasteiger partial charge in [0.05, 0.1) is 0 Å². The highest BCUT2D eigenvalue weighted by atomic mass is 16.3. The van der Waals surface area contributed by atoms with Crippen molar-refractivity contribution in [3.05, 3.63) is 40.5 Å². The molecule has 3 heteroatoms. The summed E-state index contributed by atoms with van der Waals surface area (Å²) in [5, 5.41) is 8.96. The van der Waals surface area contributed by atoms with Crippen LogP contribution < -0.4 is 0 Å². The van der Waals surface area contributed by atoms with E-state index in [1.165, 1.54) is 16.7 Å². The lowest BCUT2D eigenvalue weighted by Gasteiger charge is -2.23. The maximum atomic E-state index is 12.4. The normalized spacial score (nSPS) is 18.4. The van der Waals surface area contributed by atoms with Gasteiger partial charge in [0.1, 0.15) is 0 Å². The molecule has 1 heterocycles. The molecule has 3 nitrogen and oxygen atoms in total. The first-order valence-electron chi connectivity index (χ1n) is 8.20. The molecular formula is C19H27NO2. The van der Waals surface area contributed by atoms with E-state index in [-0.39, 0.29) is 12.5 Å². The maximum Gasteiger partial charge on any atom is 0.246 e. The highest BCUT2D eigenvalue weighted by molar-refractivity contribution is 5.92. The minimum Gasteiger partial charge on any atom is -0.396 e. The molecule has 1 fully saturated rings. The molecule has 1 aliphatic heterocycles. The van der Waals surface area contributed by atoms with Gasteiger partial charge >= 0.3 is 0 Å². The first kappa shape index (κ1) is 16.8. The number of aryl methyl sites for hydroxylation is 3. The van der Waals surface area contributed by atoms with Crippen molar-refractivity contribution in [2.75, 3.05) is 13.2 Å². The van der Waals surface area contributed by atoms with E-state index in [1.807, 2.05) is 11.0 Å². The van der Waals surface area contributed by atoms with Crippen LogP contribution in [0.25, 0.3) is 6.08 Å². The van der Waals surface area contributed by atoms with Crippen LogP contribution >= 0.6 is 0 Å². The molecular weight excluding hydrogens is 274 g/mol. The molecule has 1 saturated heterocycles. The fourth-order valence-electron chi connectivity index (χ4n) is 3.17. The van der Waals surface area contributed by atoms with E-state index < -0.39 is 0 Å². The molecule has 0 bridgehead atoms. The summed E-state index contributed by atoms with van der Waals surface area (Å²) in [6.45, 7) is 7.33. The van der Waals surface area contributed by atoms with Crippen LogP contribution in [0.1, 0.15) is 47.9 Å². The summed E-state index contributed by atoms with van der Waals surface area (Å²) in [5.41, 5.74) is 4.84. The maximum absolute atomic E-state index is 12.4. The van der Waals surface area contributed by atoms with Crippen molar-refractivity contribution >= 4 is 12.0 Å². The van der Waals surface area contributed by atoms with Crippen molar-refractivity contribution in [2.45, 2.75) is 52.5 Å². The quantitative estimate of drug-likeness (QED) is 0.847. The first-order chi connectivity index (χ1) is 10.5. The number of benzene rings is 1. The van der Waals surface area contributed by atoms with Crippen LogP contribution in [0.5, 0.6) is 0 Å². The van der Waals surface area contributed by atoms with Gasteiger partial charge in [-0.2, -0.15) is 0 Å². The number of hydrogen-bond donors (Lipinski definition) is 1. The number of amides is 1. The standard InChI is InChI=1S/C19H27NO2/c1-14-12-16(3)17(13-15(14)2)8-9-19(22)20-10-4-6-18(20)7-5-11-21/h8-9,12-13,18,21H,4-7,10-11H2,1-3H3/b9-8+. The van der Waals surface area contributed by atoms with E-state index in [2.05, 4.69) is 32.9 Å². The molecule has 120 valence electrons. The van der Waals surface area contributed by atoms with E-state index in [0.29, 0.717) is 6.04 Å². The Kier molecular flexibility index (Phi) is 5.78. The number of carbonyl (C=O) groups is 1. The topological polar surface area (TPSA) is 40.5 Å². The number of carbonyl (C=O) groups excluding carboxylic acids is 1. The molecule has 1 atom stereocenters. The Hall–Kier alpha value is -1.61. The number of aliphatic hydroxyl groups excluding tert-OH is 1. The van der Waals surface area contributed by atoms with Gasteiger partial charge in [0, 0.05) is 25.3 Å². The third-order valence-electron chi connectivity index (χ3n) is 4.64. The van der Waals surface area contributed by atoms with Crippen LogP contribution in [0.4, 0.5) is 0 Å². The zero-order chi connectivity index (χ0) is 16.1. The molecule has 1 unspecified atom stereocenters. The monoisotopic (exact) mass is 301 g/mol. The predicted molar refractivity (Wildman–Crippen MR) is 90.7 cm³/mol. The van der Waals surface area contributed by atoms with Gasteiger partial charge in [-0.25, -0.2) is 0 Å². The fourth-order valence-corrected chi connectivity index (χ4v) is 3.17. The number of nitrogens with zero attached hydrogens (tertiary/aromatic N) is 1. The van der Waals surface area contributed by atoms with Gasteiger partial charge in [-0.15, -0.1) is 0 Å². The van der Waals surface area contributed by atoms with Crippen molar-refractivity contribution in [2.24, 2.45) is 0 Å². The van der Waals surface area contributed by atoms with Crippen LogP contribution in [0.15, 0.2) is 18.2 Å². The second kappa shape index (κ2) is 7.59. The molecule has 1 N–H and O–H groups in total. The molecule has 1 amide bonds. The summed E-state index contributed by atoms with van der Waals surface area (Å²) in [7, 11) is 0. The summed E-state index contributed by atoms with van der Waals surface area (Å²) < 4.78 is 0. The smallest absolute Gasteiger partial charge is 0.246 e. The van der Waals surface area contributed by atoms with E-state index >= 15 is 0 Å². The second-order valence-corrected chi connectivity index (χ2v) is 6.32. The molecule has 0 radical (unpaired) electrons. The van der Waals surface area contributed by atoms with Gasteiger partial charge in [-0.1, -0.05) is 12.1 Å². The van der Waals surface area contributed by atoms with Crippen LogP contribution in [-0.2, 0) is 4.79 Å². The minimum absolute atomic E-state index is 0.0954. The lowest BCUT2D eigenvalue weighted by Crippen LogP contribution is -2.34. The Morgan fingerprint density at radius 3 is 2.73 bits per heavy atom. The van der Waals surface area contributed by atoms with E-state index in [9.17, 15) is 4.79 Å². The molecule has 0 aliphatic carbocycles. The molecule has 1 aliphatic rings. The molecule has 1 aromatic rings. The van der Waals surface area contributed by atoms with Gasteiger partial charge in [0.2, 0.25) is 5.91 Å². The van der Waals surface area contributed by atoms with Gasteiger partial charge in [0.15, 0.2) is 0 Å². The predicted octanol–water partition coefficient (Wildman–Crippen LogP) is 3.39. The minimum atomic E-state index is 0.0954. The van der Waals surface area contributed by atoms with Crippen LogP contribution in [0.2, 0.25) is 0 Å². The van der Waals surface area contributed by atoms with Gasteiger partial charge in [0.25, 0.3) is 0 Å². The van der Waals surface area contributed by atoms with Crippen molar-refractivity contribution in [3.8, 4) is 0 Å². The number of hydrogen-bond acceptors (Lipinski definition) is 2. The van der Waals surface area contributed by atoms with Crippen molar-refractivity contribution in [3.63, 3.8) is 0 Å². The summed E-state index contributed by atoms with van der Waals surface area (Å²) >= 11 is 0. The van der Waals surface area contributed by atoms with Crippen molar-refractivity contribution in [1.82, 2.24) is 4.90 Å². The van der Waals surface area contributed by atoms with Crippen LogP contribution in [0.3, 0.4) is 0 Å². The largest absolute Gasteiger partial charge is 0.396 e. The van der Waals surface area contributed by atoms with Crippen molar-refractivity contribution < 1.29 is 9.90 Å². The Morgan fingerprint density at radius 1 is 1.27 bits per heavy atom. The molecule has 2 rings (SSSR count).